The van der Waals surface area contributed by atoms with Crippen LogP contribution in [0, 0.1) is 0 Å². The van der Waals surface area contributed by atoms with Crippen molar-refractivity contribution < 1.29 is 0 Å². The highest BCUT2D eigenvalue weighted by molar-refractivity contribution is 9.11. The van der Waals surface area contributed by atoms with Gasteiger partial charge in [0.15, 0.2) is 0 Å². The molecule has 0 fully saturated rings. The molecular weight excluding hydrogens is 316 g/mol. The minimum atomic E-state index is -0.513. The van der Waals surface area contributed by atoms with Crippen LogP contribution in [0.4, 0.5) is 0 Å². The van der Waals surface area contributed by atoms with Gasteiger partial charge in [0, 0.05) is 8.95 Å². The number of hydrogen-bond acceptors (Lipinski definition) is 2. The van der Waals surface area contributed by atoms with E-state index in [-0.39, 0.29) is 0 Å². The minimum absolute atomic E-state index is 0.406. The van der Waals surface area contributed by atoms with E-state index in [1.54, 1.807) is 12.1 Å². The maximum atomic E-state index is 11.4. The van der Waals surface area contributed by atoms with Gasteiger partial charge in [-0.25, -0.2) is 4.79 Å². The SMILES string of the molecule is O=c1[nH]c(=O)c2c(Br)ccc(Br)c2[nH]1. The van der Waals surface area contributed by atoms with Crippen molar-refractivity contribution in [1.82, 2.24) is 9.97 Å². The number of halogens is 2. The first-order valence-electron chi connectivity index (χ1n) is 3.70. The third-order valence-corrected chi connectivity index (χ3v) is 3.12. The predicted molar refractivity (Wildman–Crippen MR) is 60.6 cm³/mol. The van der Waals surface area contributed by atoms with E-state index in [2.05, 4.69) is 41.8 Å². The topological polar surface area (TPSA) is 65.7 Å². The van der Waals surface area contributed by atoms with Gasteiger partial charge in [-0.05, 0) is 44.0 Å². The van der Waals surface area contributed by atoms with Crippen molar-refractivity contribution in [1.29, 1.82) is 0 Å². The average Bonchev–Trinajstić information content (AvgIpc) is 2.10. The largest absolute Gasteiger partial charge is 0.326 e. The molecule has 1 heterocycles. The molecule has 0 spiro atoms. The van der Waals surface area contributed by atoms with Gasteiger partial charge in [0.1, 0.15) is 0 Å². The van der Waals surface area contributed by atoms with Gasteiger partial charge in [0.2, 0.25) is 0 Å². The summed E-state index contributed by atoms with van der Waals surface area (Å²) < 4.78 is 1.33. The molecule has 72 valence electrons. The first kappa shape index (κ1) is 9.67. The number of rotatable bonds is 0. The molecule has 2 rings (SSSR count). The van der Waals surface area contributed by atoms with Crippen molar-refractivity contribution in [2.45, 2.75) is 0 Å². The molecule has 0 unspecified atom stereocenters. The summed E-state index contributed by atoms with van der Waals surface area (Å²) in [5.74, 6) is 0. The average molecular weight is 320 g/mol. The van der Waals surface area contributed by atoms with E-state index >= 15 is 0 Å². The molecule has 0 atom stereocenters. The first-order valence-corrected chi connectivity index (χ1v) is 5.28. The standard InChI is InChI=1S/C8H4Br2N2O2/c9-3-1-2-4(10)6-5(3)7(13)12-8(14)11-6/h1-2H,(H2,11,12,13,14). The number of benzene rings is 1. The van der Waals surface area contributed by atoms with Crippen molar-refractivity contribution in [3.8, 4) is 0 Å². The second-order valence-corrected chi connectivity index (χ2v) is 4.40. The fourth-order valence-corrected chi connectivity index (χ4v) is 2.15. The van der Waals surface area contributed by atoms with E-state index in [4.69, 9.17) is 0 Å². The fraction of sp³-hybridized carbons (Fsp3) is 0. The highest BCUT2D eigenvalue weighted by Crippen LogP contribution is 2.24. The van der Waals surface area contributed by atoms with E-state index in [1.165, 1.54) is 0 Å². The molecule has 0 aliphatic rings. The molecule has 4 nitrogen and oxygen atoms in total. The van der Waals surface area contributed by atoms with Crippen LogP contribution >= 0.6 is 31.9 Å². The Morgan fingerprint density at radius 3 is 2.36 bits per heavy atom. The van der Waals surface area contributed by atoms with Crippen LogP contribution in [0.15, 0.2) is 30.7 Å². The van der Waals surface area contributed by atoms with Gasteiger partial charge < -0.3 is 4.98 Å². The van der Waals surface area contributed by atoms with E-state index in [1.807, 2.05) is 0 Å². The van der Waals surface area contributed by atoms with Crippen LogP contribution in [0.3, 0.4) is 0 Å². The van der Waals surface area contributed by atoms with Crippen molar-refractivity contribution in [2.24, 2.45) is 0 Å². The van der Waals surface area contributed by atoms with Gasteiger partial charge in [0.05, 0.1) is 10.9 Å². The second kappa shape index (κ2) is 3.36. The zero-order valence-electron chi connectivity index (χ0n) is 6.73. The molecule has 0 aliphatic carbocycles. The maximum absolute atomic E-state index is 11.4. The summed E-state index contributed by atoms with van der Waals surface area (Å²) in [6, 6.07) is 3.49. The smallest absolute Gasteiger partial charge is 0.306 e. The van der Waals surface area contributed by atoms with Crippen LogP contribution in [0.1, 0.15) is 0 Å². The Hall–Kier alpha value is -0.880. The molecule has 2 aromatic rings. The Balaban J connectivity index is 3.16. The lowest BCUT2D eigenvalue weighted by Gasteiger charge is -2.00. The Kier molecular flexibility index (Phi) is 2.32. The Morgan fingerprint density at radius 2 is 1.64 bits per heavy atom. The lowest BCUT2D eigenvalue weighted by Crippen LogP contribution is -2.22. The highest BCUT2D eigenvalue weighted by atomic mass is 79.9. The Morgan fingerprint density at radius 1 is 1.00 bits per heavy atom. The van der Waals surface area contributed by atoms with Crippen LogP contribution in [-0.4, -0.2) is 9.97 Å². The quantitative estimate of drug-likeness (QED) is 0.777. The molecule has 6 heteroatoms. The monoisotopic (exact) mass is 318 g/mol. The lowest BCUT2D eigenvalue weighted by molar-refractivity contribution is 1.08. The van der Waals surface area contributed by atoms with Crippen molar-refractivity contribution in [3.05, 3.63) is 41.9 Å². The summed E-state index contributed by atoms with van der Waals surface area (Å²) in [5.41, 5.74) is -0.425. The lowest BCUT2D eigenvalue weighted by atomic mass is 10.2. The predicted octanol–water partition coefficient (Wildman–Crippen LogP) is 1.74. The minimum Gasteiger partial charge on any atom is -0.306 e. The van der Waals surface area contributed by atoms with Crippen LogP contribution in [0.2, 0.25) is 0 Å². The molecule has 2 N–H and O–H groups in total. The van der Waals surface area contributed by atoms with E-state index < -0.39 is 11.2 Å². The highest BCUT2D eigenvalue weighted by Gasteiger charge is 2.07. The summed E-state index contributed by atoms with van der Waals surface area (Å²) in [7, 11) is 0. The van der Waals surface area contributed by atoms with Crippen LogP contribution in [-0.2, 0) is 0 Å². The van der Waals surface area contributed by atoms with Gasteiger partial charge in [-0.15, -0.1) is 0 Å². The third kappa shape index (κ3) is 1.44. The van der Waals surface area contributed by atoms with E-state index in [0.29, 0.717) is 19.8 Å². The molecule has 1 aromatic heterocycles. The van der Waals surface area contributed by atoms with Crippen LogP contribution in [0.25, 0.3) is 10.9 Å². The van der Waals surface area contributed by atoms with Gasteiger partial charge in [0.25, 0.3) is 5.56 Å². The molecule has 0 saturated heterocycles. The summed E-state index contributed by atoms with van der Waals surface area (Å²) in [6.07, 6.45) is 0. The zero-order valence-corrected chi connectivity index (χ0v) is 9.90. The van der Waals surface area contributed by atoms with E-state index in [0.717, 1.165) is 0 Å². The summed E-state index contributed by atoms with van der Waals surface area (Å²) in [6.45, 7) is 0. The number of nitrogens with one attached hydrogen (secondary N) is 2. The maximum Gasteiger partial charge on any atom is 0.326 e. The van der Waals surface area contributed by atoms with Gasteiger partial charge in [-0.2, -0.15) is 0 Å². The molecular formula is C8H4Br2N2O2. The molecule has 0 aliphatic heterocycles. The molecule has 0 saturated carbocycles. The Bertz CT molecular complexity index is 615. The number of aromatic amines is 2. The number of aromatic nitrogens is 2. The summed E-state index contributed by atoms with van der Waals surface area (Å²) in [5, 5.41) is 0.430. The summed E-state index contributed by atoms with van der Waals surface area (Å²) >= 11 is 6.50. The zero-order chi connectivity index (χ0) is 10.3. The van der Waals surface area contributed by atoms with Crippen molar-refractivity contribution >= 4 is 42.8 Å². The molecule has 0 amide bonds. The Labute approximate surface area is 94.6 Å². The molecule has 0 bridgehead atoms. The number of H-pyrrole nitrogens is 2. The first-order chi connectivity index (χ1) is 6.59. The van der Waals surface area contributed by atoms with E-state index in [9.17, 15) is 9.59 Å². The second-order valence-electron chi connectivity index (χ2n) is 2.69. The van der Waals surface area contributed by atoms with Crippen LogP contribution < -0.4 is 11.2 Å². The number of fused-ring (bicyclic) bond motifs is 1. The van der Waals surface area contributed by atoms with Crippen molar-refractivity contribution in [3.63, 3.8) is 0 Å². The van der Waals surface area contributed by atoms with Gasteiger partial charge in [-0.1, -0.05) is 0 Å². The fourth-order valence-electron chi connectivity index (χ4n) is 1.21. The molecule has 0 radical (unpaired) electrons. The van der Waals surface area contributed by atoms with Gasteiger partial charge in [-0.3, -0.25) is 9.78 Å². The molecule has 1 aromatic carbocycles. The summed E-state index contributed by atoms with van der Waals surface area (Å²) in [4.78, 5) is 27.2. The molecule has 14 heavy (non-hydrogen) atoms. The normalized spacial score (nSPS) is 10.7. The van der Waals surface area contributed by atoms with Crippen LogP contribution in [0.5, 0.6) is 0 Å². The number of hydrogen-bond donors (Lipinski definition) is 2. The van der Waals surface area contributed by atoms with Gasteiger partial charge >= 0.3 is 5.69 Å². The third-order valence-electron chi connectivity index (χ3n) is 1.80. The van der Waals surface area contributed by atoms with Crippen molar-refractivity contribution in [2.75, 3.05) is 0 Å².